The number of Topliss-reactive ketones (excluding diaryl/α,β-unsaturated/α-hetero) is 1. The van der Waals surface area contributed by atoms with Gasteiger partial charge in [0, 0.05) is 21.9 Å². The molecular weight excluding hydrogens is 259 g/mol. The minimum absolute atomic E-state index is 0.0547. The van der Waals surface area contributed by atoms with Crippen LogP contribution in [0.4, 0.5) is 0 Å². The van der Waals surface area contributed by atoms with E-state index in [1.165, 1.54) is 0 Å². The molecule has 2 nitrogen and oxygen atoms in total. The lowest BCUT2D eigenvalue weighted by molar-refractivity contribution is 0.0831. The summed E-state index contributed by atoms with van der Waals surface area (Å²) >= 11 is 11.9. The topological polar surface area (TPSA) is 30.2 Å². The number of benzene rings is 1. The Morgan fingerprint density at radius 1 is 1.18 bits per heavy atom. The highest BCUT2D eigenvalue weighted by Gasteiger charge is 2.26. The minimum atomic E-state index is -0.482. The van der Waals surface area contributed by atoms with Crippen molar-refractivity contribution in [3.05, 3.63) is 34.0 Å². The lowest BCUT2D eigenvalue weighted by atomic mass is 9.89. The molecule has 0 spiro atoms. The predicted molar refractivity (Wildman–Crippen MR) is 70.0 cm³/mol. The van der Waals surface area contributed by atoms with Crippen LogP contribution in [0.5, 0.6) is 0 Å². The van der Waals surface area contributed by atoms with Gasteiger partial charge in [0.2, 0.25) is 5.78 Å². The Morgan fingerprint density at radius 2 is 1.82 bits per heavy atom. The first-order chi connectivity index (χ1) is 7.79. The lowest BCUT2D eigenvalue weighted by Gasteiger charge is -2.13. The minimum Gasteiger partial charge on any atom is -0.453 e. The van der Waals surface area contributed by atoms with Crippen molar-refractivity contribution < 1.29 is 9.21 Å². The summed E-state index contributed by atoms with van der Waals surface area (Å²) in [4.78, 5) is 12.1. The summed E-state index contributed by atoms with van der Waals surface area (Å²) in [7, 11) is 0. The van der Waals surface area contributed by atoms with Crippen LogP contribution < -0.4 is 0 Å². The highest BCUT2D eigenvalue weighted by Crippen LogP contribution is 2.32. The van der Waals surface area contributed by atoms with E-state index in [0.717, 1.165) is 0 Å². The smallest absolute Gasteiger partial charge is 0.203 e. The number of furan rings is 1. The molecule has 0 saturated carbocycles. The summed E-state index contributed by atoms with van der Waals surface area (Å²) in [5.74, 6) is 0.262. The third kappa shape index (κ3) is 2.33. The summed E-state index contributed by atoms with van der Waals surface area (Å²) in [6, 6.07) is 4.95. The molecule has 0 amide bonds. The zero-order chi connectivity index (χ0) is 12.8. The average Bonchev–Trinajstić information content (AvgIpc) is 2.58. The van der Waals surface area contributed by atoms with Crippen LogP contribution in [0.25, 0.3) is 11.0 Å². The Bertz CT molecular complexity index is 591. The van der Waals surface area contributed by atoms with E-state index < -0.39 is 5.41 Å². The molecule has 2 rings (SSSR count). The second-order valence-electron chi connectivity index (χ2n) is 4.99. The molecule has 0 aliphatic carbocycles. The molecule has 0 N–H and O–H groups in total. The van der Waals surface area contributed by atoms with Gasteiger partial charge in [-0.25, -0.2) is 0 Å². The molecule has 1 aromatic heterocycles. The van der Waals surface area contributed by atoms with Gasteiger partial charge < -0.3 is 4.42 Å². The molecular formula is C13H12Cl2O2. The maximum atomic E-state index is 12.1. The number of hydrogen-bond donors (Lipinski definition) is 0. The first-order valence-electron chi connectivity index (χ1n) is 5.22. The van der Waals surface area contributed by atoms with Gasteiger partial charge in [-0.15, -0.1) is 0 Å². The molecule has 0 aliphatic rings. The maximum absolute atomic E-state index is 12.1. The van der Waals surface area contributed by atoms with Gasteiger partial charge in [-0.3, -0.25) is 4.79 Å². The summed E-state index contributed by atoms with van der Waals surface area (Å²) in [6.07, 6.45) is 0. The summed E-state index contributed by atoms with van der Waals surface area (Å²) in [5, 5.41) is 1.69. The molecule has 4 heteroatoms. The molecule has 0 saturated heterocycles. The van der Waals surface area contributed by atoms with Crippen molar-refractivity contribution in [3.8, 4) is 0 Å². The van der Waals surface area contributed by atoms with E-state index >= 15 is 0 Å². The number of halogens is 2. The number of hydrogen-bond acceptors (Lipinski definition) is 2. The Morgan fingerprint density at radius 3 is 2.41 bits per heavy atom. The van der Waals surface area contributed by atoms with Gasteiger partial charge in [-0.1, -0.05) is 44.0 Å². The Kier molecular flexibility index (Phi) is 2.96. The van der Waals surface area contributed by atoms with Crippen molar-refractivity contribution in [2.75, 3.05) is 0 Å². The molecule has 1 heterocycles. The number of fused-ring (bicyclic) bond motifs is 1. The van der Waals surface area contributed by atoms with Crippen LogP contribution in [0.3, 0.4) is 0 Å². The second kappa shape index (κ2) is 4.04. The molecule has 0 unspecified atom stereocenters. The fraction of sp³-hybridized carbons (Fsp3) is 0.308. The summed E-state index contributed by atoms with van der Waals surface area (Å²) < 4.78 is 5.50. The molecule has 1 aromatic carbocycles. The number of ketones is 1. The van der Waals surface area contributed by atoms with Crippen LogP contribution in [-0.4, -0.2) is 5.78 Å². The van der Waals surface area contributed by atoms with Crippen LogP contribution in [0.15, 0.2) is 22.6 Å². The van der Waals surface area contributed by atoms with Gasteiger partial charge in [0.15, 0.2) is 5.76 Å². The zero-order valence-electron chi connectivity index (χ0n) is 9.80. The summed E-state index contributed by atoms with van der Waals surface area (Å²) in [6.45, 7) is 5.53. The van der Waals surface area contributed by atoms with Crippen LogP contribution in [-0.2, 0) is 0 Å². The van der Waals surface area contributed by atoms with Crippen LogP contribution >= 0.6 is 23.2 Å². The second-order valence-corrected chi connectivity index (χ2v) is 5.83. The molecule has 0 fully saturated rings. The Labute approximate surface area is 110 Å². The standard InChI is InChI=1S/C13H12Cl2O2/c1-13(2,3)12(16)11-6-8-9(15)4-7(14)5-10(8)17-11/h4-6H,1-3H3. The van der Waals surface area contributed by atoms with Crippen molar-refractivity contribution in [3.63, 3.8) is 0 Å². The van der Waals surface area contributed by atoms with E-state index in [0.29, 0.717) is 26.8 Å². The number of carbonyl (C=O) groups is 1. The first-order valence-corrected chi connectivity index (χ1v) is 5.98. The maximum Gasteiger partial charge on any atom is 0.203 e. The third-order valence-corrected chi connectivity index (χ3v) is 2.99. The fourth-order valence-electron chi connectivity index (χ4n) is 1.55. The molecule has 0 aliphatic heterocycles. The van der Waals surface area contributed by atoms with E-state index in [1.807, 2.05) is 20.8 Å². The zero-order valence-corrected chi connectivity index (χ0v) is 11.3. The Hall–Kier alpha value is -0.990. The third-order valence-electron chi connectivity index (χ3n) is 2.46. The lowest BCUT2D eigenvalue weighted by Crippen LogP contribution is -2.19. The van der Waals surface area contributed by atoms with Gasteiger partial charge in [0.1, 0.15) is 5.58 Å². The highest BCUT2D eigenvalue weighted by atomic mass is 35.5. The first kappa shape index (κ1) is 12.5. The molecule has 17 heavy (non-hydrogen) atoms. The molecule has 90 valence electrons. The molecule has 0 radical (unpaired) electrons. The van der Waals surface area contributed by atoms with E-state index in [4.69, 9.17) is 27.6 Å². The highest BCUT2D eigenvalue weighted by molar-refractivity contribution is 6.38. The van der Waals surface area contributed by atoms with E-state index in [-0.39, 0.29) is 5.78 Å². The van der Waals surface area contributed by atoms with Gasteiger partial charge in [-0.2, -0.15) is 0 Å². The quantitative estimate of drug-likeness (QED) is 0.685. The van der Waals surface area contributed by atoms with Crippen molar-refractivity contribution in [2.24, 2.45) is 5.41 Å². The van der Waals surface area contributed by atoms with Gasteiger partial charge in [0.25, 0.3) is 0 Å². The van der Waals surface area contributed by atoms with Crippen molar-refractivity contribution >= 4 is 40.0 Å². The van der Waals surface area contributed by atoms with Crippen LogP contribution in [0, 0.1) is 5.41 Å². The van der Waals surface area contributed by atoms with Crippen molar-refractivity contribution in [1.82, 2.24) is 0 Å². The monoisotopic (exact) mass is 270 g/mol. The van der Waals surface area contributed by atoms with Gasteiger partial charge in [0.05, 0.1) is 5.02 Å². The van der Waals surface area contributed by atoms with Gasteiger partial charge >= 0.3 is 0 Å². The predicted octanol–water partition coefficient (Wildman–Crippen LogP) is 4.97. The van der Waals surface area contributed by atoms with E-state index in [9.17, 15) is 4.79 Å². The average molecular weight is 271 g/mol. The Balaban J connectivity index is 2.60. The molecule has 0 bridgehead atoms. The SMILES string of the molecule is CC(C)(C)C(=O)c1cc2c(Cl)cc(Cl)cc2o1. The largest absolute Gasteiger partial charge is 0.453 e. The molecule has 2 aromatic rings. The molecule has 0 atom stereocenters. The normalized spacial score (nSPS) is 12.1. The van der Waals surface area contributed by atoms with Gasteiger partial charge in [-0.05, 0) is 12.1 Å². The number of rotatable bonds is 1. The van der Waals surface area contributed by atoms with Crippen LogP contribution in [0.2, 0.25) is 10.0 Å². The van der Waals surface area contributed by atoms with E-state index in [2.05, 4.69) is 0 Å². The van der Waals surface area contributed by atoms with Crippen molar-refractivity contribution in [1.29, 1.82) is 0 Å². The summed E-state index contributed by atoms with van der Waals surface area (Å²) in [5.41, 5.74) is 0.0551. The van der Waals surface area contributed by atoms with E-state index in [1.54, 1.807) is 18.2 Å². The van der Waals surface area contributed by atoms with Crippen LogP contribution in [0.1, 0.15) is 31.3 Å². The number of carbonyl (C=O) groups excluding carboxylic acids is 1. The fourth-order valence-corrected chi connectivity index (χ4v) is 2.08. The van der Waals surface area contributed by atoms with Crippen molar-refractivity contribution in [2.45, 2.75) is 20.8 Å².